The average molecular weight is 422 g/mol. The second kappa shape index (κ2) is 8.12. The number of rotatable bonds is 4. The molecule has 0 aliphatic carbocycles. The Bertz CT molecular complexity index is 1100. The fourth-order valence-corrected chi connectivity index (χ4v) is 4.76. The molecule has 1 saturated heterocycles. The predicted octanol–water partition coefficient (Wildman–Crippen LogP) is 5.33. The van der Waals surface area contributed by atoms with Crippen LogP contribution in [0.25, 0.3) is 10.9 Å². The smallest absolute Gasteiger partial charge is 0.218 e. The number of aryl methyl sites for hydroxylation is 1. The largest absolute Gasteiger partial charge is 0.482 e. The number of benzene rings is 2. The molecule has 0 amide bonds. The van der Waals surface area contributed by atoms with Crippen molar-refractivity contribution in [2.75, 3.05) is 24.6 Å². The van der Waals surface area contributed by atoms with Gasteiger partial charge in [0.05, 0.1) is 5.69 Å². The van der Waals surface area contributed by atoms with Crippen LogP contribution in [-0.2, 0) is 6.42 Å². The zero-order valence-corrected chi connectivity index (χ0v) is 17.5. The number of hydrogen-bond donors (Lipinski definition) is 1. The molecule has 3 aromatic rings. The van der Waals surface area contributed by atoms with Gasteiger partial charge in [-0.05, 0) is 61.4 Å². The zero-order chi connectivity index (χ0) is 20.5. The summed E-state index contributed by atoms with van der Waals surface area (Å²) in [6.45, 7) is 2.30. The summed E-state index contributed by atoms with van der Waals surface area (Å²) in [5.41, 5.74) is 3.57. The number of aromatic nitrogens is 1. The number of fused-ring (bicyclic) bond motifs is 2. The number of ether oxygens (including phenoxy) is 2. The van der Waals surface area contributed by atoms with Crippen LogP contribution in [0.5, 0.6) is 11.5 Å². The summed E-state index contributed by atoms with van der Waals surface area (Å²) in [6, 6.07) is 14.1. The number of aromatic amines is 1. The van der Waals surface area contributed by atoms with Crippen molar-refractivity contribution >= 4 is 28.2 Å². The van der Waals surface area contributed by atoms with Crippen LogP contribution in [0.1, 0.15) is 24.8 Å². The van der Waals surface area contributed by atoms with Crippen molar-refractivity contribution in [2.24, 2.45) is 5.92 Å². The lowest BCUT2D eigenvalue weighted by Gasteiger charge is -2.36. The minimum absolute atomic E-state index is 0.285. The summed E-state index contributed by atoms with van der Waals surface area (Å²) in [6.07, 6.45) is 6.20. The van der Waals surface area contributed by atoms with E-state index in [4.69, 9.17) is 26.3 Å². The number of piperidine rings is 1. The summed E-state index contributed by atoms with van der Waals surface area (Å²) in [5, 5.41) is 11.1. The Kier molecular flexibility index (Phi) is 5.18. The van der Waals surface area contributed by atoms with Gasteiger partial charge in [0.1, 0.15) is 12.7 Å². The van der Waals surface area contributed by atoms with Crippen molar-refractivity contribution in [1.29, 1.82) is 5.26 Å². The van der Waals surface area contributed by atoms with Gasteiger partial charge in [0, 0.05) is 35.2 Å². The molecular formula is C24H24ClN3O2. The maximum atomic E-state index is 9.08. The van der Waals surface area contributed by atoms with E-state index in [1.54, 1.807) is 0 Å². The number of anilines is 1. The number of halogens is 1. The van der Waals surface area contributed by atoms with Gasteiger partial charge in [-0.1, -0.05) is 23.7 Å². The number of hydrogen-bond acceptors (Lipinski definition) is 4. The zero-order valence-electron chi connectivity index (χ0n) is 16.7. The van der Waals surface area contributed by atoms with E-state index in [-0.39, 0.29) is 6.61 Å². The Morgan fingerprint density at radius 2 is 2.07 bits per heavy atom. The molecule has 3 heterocycles. The van der Waals surface area contributed by atoms with Crippen molar-refractivity contribution in [3.8, 4) is 17.6 Å². The van der Waals surface area contributed by atoms with Crippen molar-refractivity contribution in [1.82, 2.24) is 4.98 Å². The highest BCUT2D eigenvalue weighted by Crippen LogP contribution is 2.42. The molecule has 5 rings (SSSR count). The van der Waals surface area contributed by atoms with E-state index in [0.29, 0.717) is 5.75 Å². The monoisotopic (exact) mass is 421 g/mol. The summed E-state index contributed by atoms with van der Waals surface area (Å²) in [7, 11) is 0. The van der Waals surface area contributed by atoms with Gasteiger partial charge in [0.25, 0.3) is 0 Å². The highest BCUT2D eigenvalue weighted by atomic mass is 35.5. The van der Waals surface area contributed by atoms with Gasteiger partial charge in [-0.15, -0.1) is 0 Å². The number of nitriles is 1. The lowest BCUT2D eigenvalue weighted by atomic mass is 9.90. The number of para-hydroxylation sites is 1. The van der Waals surface area contributed by atoms with E-state index in [1.165, 1.54) is 30.2 Å². The molecule has 1 fully saturated rings. The fourth-order valence-electron chi connectivity index (χ4n) is 4.59. The lowest BCUT2D eigenvalue weighted by molar-refractivity contribution is 0.128. The molecule has 5 nitrogen and oxygen atoms in total. The minimum Gasteiger partial charge on any atom is -0.482 e. The first-order valence-corrected chi connectivity index (χ1v) is 10.9. The lowest BCUT2D eigenvalue weighted by Crippen LogP contribution is -2.35. The summed E-state index contributed by atoms with van der Waals surface area (Å²) < 4.78 is 11.6. The first-order chi connectivity index (χ1) is 14.7. The molecule has 0 spiro atoms. The molecule has 2 aliphatic rings. The molecule has 154 valence electrons. The highest BCUT2D eigenvalue weighted by molar-refractivity contribution is 6.31. The van der Waals surface area contributed by atoms with E-state index < -0.39 is 6.10 Å². The molecular weight excluding hydrogens is 398 g/mol. The van der Waals surface area contributed by atoms with Gasteiger partial charge < -0.3 is 19.4 Å². The van der Waals surface area contributed by atoms with E-state index >= 15 is 0 Å². The molecule has 30 heavy (non-hydrogen) atoms. The number of H-pyrrole nitrogens is 1. The number of nitrogens with zero attached hydrogens (tertiary/aromatic N) is 2. The Balaban J connectivity index is 1.20. The normalized spacial score (nSPS) is 19.1. The Morgan fingerprint density at radius 1 is 1.20 bits per heavy atom. The van der Waals surface area contributed by atoms with Crippen LogP contribution in [-0.4, -0.2) is 30.8 Å². The standard InChI is InChI=1S/C24H24ClN3O2/c25-18-6-7-20-17(14-27-21(20)12-18)5-4-16-8-10-28(11-9-16)22-2-1-3-23-24(22)29-15-19(13-26)30-23/h1-3,6-7,12,14,16,19,27H,4-5,8-11,15H2. The van der Waals surface area contributed by atoms with E-state index in [2.05, 4.69) is 34.3 Å². The van der Waals surface area contributed by atoms with E-state index in [1.807, 2.05) is 24.3 Å². The van der Waals surface area contributed by atoms with Crippen LogP contribution in [0.15, 0.2) is 42.6 Å². The SMILES string of the molecule is N#CC1COc2c(cccc2N2CCC(CCc3c[nH]c4cc(Cl)ccc34)CC2)O1. The van der Waals surface area contributed by atoms with Gasteiger partial charge in [-0.25, -0.2) is 0 Å². The quantitative estimate of drug-likeness (QED) is 0.618. The molecule has 1 N–H and O–H groups in total. The van der Waals surface area contributed by atoms with E-state index in [0.717, 1.165) is 47.4 Å². The third-order valence-electron chi connectivity index (χ3n) is 6.26. The van der Waals surface area contributed by atoms with E-state index in [9.17, 15) is 0 Å². The van der Waals surface area contributed by atoms with Gasteiger partial charge in [-0.3, -0.25) is 0 Å². The average Bonchev–Trinajstić information content (AvgIpc) is 3.19. The molecule has 1 atom stereocenters. The first kappa shape index (κ1) is 19.1. The van der Waals surface area contributed by atoms with Crippen LogP contribution < -0.4 is 14.4 Å². The molecule has 0 radical (unpaired) electrons. The molecule has 0 bridgehead atoms. The van der Waals surface area contributed by atoms with Crippen molar-refractivity contribution in [2.45, 2.75) is 31.8 Å². The molecule has 6 heteroatoms. The van der Waals surface area contributed by atoms with Crippen LogP contribution in [0.4, 0.5) is 5.69 Å². The highest BCUT2D eigenvalue weighted by Gasteiger charge is 2.27. The summed E-state index contributed by atoms with van der Waals surface area (Å²) in [4.78, 5) is 5.73. The Hall–Kier alpha value is -2.84. The third-order valence-corrected chi connectivity index (χ3v) is 6.49. The molecule has 1 aromatic heterocycles. The predicted molar refractivity (Wildman–Crippen MR) is 119 cm³/mol. The fraction of sp³-hybridized carbons (Fsp3) is 0.375. The number of nitrogens with one attached hydrogen (secondary N) is 1. The topological polar surface area (TPSA) is 61.3 Å². The van der Waals surface area contributed by atoms with Crippen molar-refractivity contribution in [3.05, 3.63) is 53.2 Å². The Morgan fingerprint density at radius 3 is 2.90 bits per heavy atom. The van der Waals surface area contributed by atoms with Gasteiger partial charge >= 0.3 is 0 Å². The van der Waals surface area contributed by atoms with Gasteiger partial charge in [-0.2, -0.15) is 5.26 Å². The summed E-state index contributed by atoms with van der Waals surface area (Å²) in [5.74, 6) is 2.17. The summed E-state index contributed by atoms with van der Waals surface area (Å²) >= 11 is 6.09. The van der Waals surface area contributed by atoms with Gasteiger partial charge in [0.2, 0.25) is 6.10 Å². The second-order valence-corrected chi connectivity index (χ2v) is 8.56. The molecule has 1 unspecified atom stereocenters. The first-order valence-electron chi connectivity index (χ1n) is 10.5. The molecule has 2 aliphatic heterocycles. The minimum atomic E-state index is -0.529. The van der Waals surface area contributed by atoms with Crippen LogP contribution in [0.3, 0.4) is 0 Å². The maximum Gasteiger partial charge on any atom is 0.218 e. The maximum absolute atomic E-state index is 9.08. The van der Waals surface area contributed by atoms with Crippen molar-refractivity contribution in [3.63, 3.8) is 0 Å². The molecule has 2 aromatic carbocycles. The van der Waals surface area contributed by atoms with Crippen molar-refractivity contribution < 1.29 is 9.47 Å². The van der Waals surface area contributed by atoms with Gasteiger partial charge in [0.15, 0.2) is 11.5 Å². The van der Waals surface area contributed by atoms with Crippen LogP contribution in [0.2, 0.25) is 5.02 Å². The van der Waals surface area contributed by atoms with Crippen LogP contribution >= 0.6 is 11.6 Å². The third kappa shape index (κ3) is 3.68. The molecule has 0 saturated carbocycles. The Labute approximate surface area is 181 Å². The van der Waals surface area contributed by atoms with Crippen LogP contribution in [0, 0.1) is 17.2 Å². The second-order valence-electron chi connectivity index (χ2n) is 8.12.